The quantitative estimate of drug-likeness (QED) is 0.808. The highest BCUT2D eigenvalue weighted by molar-refractivity contribution is 5.81. The third-order valence-corrected chi connectivity index (χ3v) is 4.11. The second-order valence-electron chi connectivity index (χ2n) is 5.55. The number of carbonyl (C=O) groups excluding carboxylic acids is 1. The first kappa shape index (κ1) is 13.8. The summed E-state index contributed by atoms with van der Waals surface area (Å²) in [6, 6.07) is 16.3. The molecule has 1 aliphatic heterocycles. The molecule has 0 radical (unpaired) electrons. The molecule has 3 nitrogen and oxygen atoms in total. The van der Waals surface area contributed by atoms with Gasteiger partial charge in [0.05, 0.1) is 0 Å². The summed E-state index contributed by atoms with van der Waals surface area (Å²) in [4.78, 5) is 15.6. The van der Waals surface area contributed by atoms with Gasteiger partial charge in [-0.05, 0) is 18.7 Å². The van der Waals surface area contributed by atoms with E-state index in [2.05, 4.69) is 41.1 Å². The Bertz CT molecular complexity index is 613. The van der Waals surface area contributed by atoms with Crippen molar-refractivity contribution in [3.05, 3.63) is 54.1 Å². The highest BCUT2D eigenvalue weighted by Gasteiger charge is 2.17. The van der Waals surface area contributed by atoms with Gasteiger partial charge in [-0.2, -0.15) is 0 Å². The van der Waals surface area contributed by atoms with Crippen LogP contribution in [-0.4, -0.2) is 44.4 Å². The monoisotopic (exact) mass is 280 g/mol. The Morgan fingerprint density at radius 2 is 1.57 bits per heavy atom. The summed E-state index contributed by atoms with van der Waals surface area (Å²) in [6.07, 6.45) is 0.885. The average molecular weight is 280 g/mol. The molecule has 1 heterocycles. The third-order valence-electron chi connectivity index (χ3n) is 4.11. The molecule has 0 saturated carbocycles. The Labute approximate surface area is 125 Å². The molecule has 2 aromatic rings. The Kier molecular flexibility index (Phi) is 4.02. The van der Waals surface area contributed by atoms with Crippen molar-refractivity contribution in [3.8, 4) is 11.1 Å². The molecule has 3 rings (SSSR count). The topological polar surface area (TPSA) is 23.6 Å². The van der Waals surface area contributed by atoms with Crippen LogP contribution in [0, 0.1) is 0 Å². The van der Waals surface area contributed by atoms with E-state index in [1.54, 1.807) is 0 Å². The molecule has 1 fully saturated rings. The normalized spacial score (nSPS) is 16.0. The predicted molar refractivity (Wildman–Crippen MR) is 87.0 cm³/mol. The number of aldehydes is 1. The minimum absolute atomic E-state index is 0.718. The maximum absolute atomic E-state index is 10.8. The zero-order valence-electron chi connectivity index (χ0n) is 12.3. The number of nitrogens with zero attached hydrogens (tertiary/aromatic N) is 2. The van der Waals surface area contributed by atoms with Gasteiger partial charge in [0.2, 0.25) is 0 Å². The predicted octanol–water partition coefficient (Wildman–Crippen LogP) is 2.92. The largest absolute Gasteiger partial charge is 0.368 e. The minimum atomic E-state index is 0.718. The Morgan fingerprint density at radius 3 is 2.24 bits per heavy atom. The molecule has 0 amide bonds. The number of hydrogen-bond acceptors (Lipinski definition) is 3. The van der Waals surface area contributed by atoms with Crippen LogP contribution in [0.4, 0.5) is 5.69 Å². The third kappa shape index (κ3) is 2.98. The van der Waals surface area contributed by atoms with E-state index in [0.717, 1.165) is 43.6 Å². The van der Waals surface area contributed by atoms with Crippen LogP contribution in [-0.2, 0) is 0 Å². The second-order valence-corrected chi connectivity index (χ2v) is 5.55. The number of carbonyl (C=O) groups is 1. The summed E-state index contributed by atoms with van der Waals surface area (Å²) in [5.74, 6) is 0. The molecule has 1 aliphatic rings. The second kappa shape index (κ2) is 6.10. The van der Waals surface area contributed by atoms with E-state index in [0.29, 0.717) is 0 Å². The first-order valence-corrected chi connectivity index (χ1v) is 7.36. The molecule has 21 heavy (non-hydrogen) atoms. The van der Waals surface area contributed by atoms with Crippen molar-refractivity contribution in [3.63, 3.8) is 0 Å². The summed E-state index contributed by atoms with van der Waals surface area (Å²) in [6.45, 7) is 4.30. The number of likely N-dealkylation sites (N-methyl/N-ethyl adjacent to an activating group) is 1. The van der Waals surface area contributed by atoms with E-state index < -0.39 is 0 Å². The van der Waals surface area contributed by atoms with Crippen molar-refractivity contribution in [2.24, 2.45) is 0 Å². The SMILES string of the molecule is CN1CCN(c2ccccc2-c2ccc(C=O)cc2)CC1. The summed E-state index contributed by atoms with van der Waals surface area (Å²) < 4.78 is 0. The molecule has 0 atom stereocenters. The van der Waals surface area contributed by atoms with E-state index in [-0.39, 0.29) is 0 Å². The Morgan fingerprint density at radius 1 is 0.905 bits per heavy atom. The van der Waals surface area contributed by atoms with Crippen LogP contribution in [0.5, 0.6) is 0 Å². The molecule has 2 aromatic carbocycles. The van der Waals surface area contributed by atoms with Crippen LogP contribution >= 0.6 is 0 Å². The molecular formula is C18H20N2O. The molecule has 0 unspecified atom stereocenters. The summed E-state index contributed by atoms with van der Waals surface area (Å²) in [5, 5.41) is 0. The van der Waals surface area contributed by atoms with Crippen molar-refractivity contribution >= 4 is 12.0 Å². The van der Waals surface area contributed by atoms with Gasteiger partial charge in [0, 0.05) is 43.0 Å². The van der Waals surface area contributed by atoms with Gasteiger partial charge >= 0.3 is 0 Å². The van der Waals surface area contributed by atoms with Crippen molar-refractivity contribution in [2.45, 2.75) is 0 Å². The van der Waals surface area contributed by atoms with Gasteiger partial charge in [-0.1, -0.05) is 42.5 Å². The van der Waals surface area contributed by atoms with E-state index in [1.165, 1.54) is 11.3 Å². The molecule has 1 saturated heterocycles. The van der Waals surface area contributed by atoms with Crippen LogP contribution in [0.15, 0.2) is 48.5 Å². The zero-order valence-corrected chi connectivity index (χ0v) is 12.3. The van der Waals surface area contributed by atoms with Gasteiger partial charge in [-0.3, -0.25) is 4.79 Å². The standard InChI is InChI=1S/C18H20N2O/c1-19-10-12-20(13-11-19)18-5-3-2-4-17(18)16-8-6-15(14-21)7-9-16/h2-9,14H,10-13H2,1H3. The Balaban J connectivity index is 1.93. The fourth-order valence-electron chi connectivity index (χ4n) is 2.78. The molecule has 0 aliphatic carbocycles. The number of piperazine rings is 1. The number of benzene rings is 2. The van der Waals surface area contributed by atoms with E-state index in [1.807, 2.05) is 24.3 Å². The Hall–Kier alpha value is -2.13. The average Bonchev–Trinajstić information content (AvgIpc) is 2.56. The van der Waals surface area contributed by atoms with Gasteiger partial charge in [-0.25, -0.2) is 0 Å². The molecular weight excluding hydrogens is 260 g/mol. The lowest BCUT2D eigenvalue weighted by Crippen LogP contribution is -2.44. The maximum Gasteiger partial charge on any atom is 0.150 e. The van der Waals surface area contributed by atoms with Gasteiger partial charge in [0.25, 0.3) is 0 Å². The molecule has 0 bridgehead atoms. The summed E-state index contributed by atoms with van der Waals surface area (Å²) >= 11 is 0. The number of hydrogen-bond donors (Lipinski definition) is 0. The van der Waals surface area contributed by atoms with E-state index in [9.17, 15) is 4.79 Å². The number of rotatable bonds is 3. The summed E-state index contributed by atoms with van der Waals surface area (Å²) in [7, 11) is 2.17. The fraction of sp³-hybridized carbons (Fsp3) is 0.278. The lowest BCUT2D eigenvalue weighted by Gasteiger charge is -2.35. The smallest absolute Gasteiger partial charge is 0.150 e. The zero-order chi connectivity index (χ0) is 14.7. The van der Waals surface area contributed by atoms with Crippen LogP contribution < -0.4 is 4.90 Å². The van der Waals surface area contributed by atoms with Crippen molar-refractivity contribution < 1.29 is 4.79 Å². The molecule has 108 valence electrons. The first-order chi connectivity index (χ1) is 10.3. The van der Waals surface area contributed by atoms with Gasteiger partial charge in [0.1, 0.15) is 6.29 Å². The van der Waals surface area contributed by atoms with Crippen molar-refractivity contribution in [1.82, 2.24) is 4.90 Å². The first-order valence-electron chi connectivity index (χ1n) is 7.36. The van der Waals surface area contributed by atoms with Crippen LogP contribution in [0.3, 0.4) is 0 Å². The van der Waals surface area contributed by atoms with Gasteiger partial charge < -0.3 is 9.80 Å². The maximum atomic E-state index is 10.8. The molecule has 0 aromatic heterocycles. The lowest BCUT2D eigenvalue weighted by molar-refractivity contribution is 0.112. The molecule has 3 heteroatoms. The van der Waals surface area contributed by atoms with Gasteiger partial charge in [-0.15, -0.1) is 0 Å². The highest BCUT2D eigenvalue weighted by Crippen LogP contribution is 2.31. The highest BCUT2D eigenvalue weighted by atomic mass is 16.1. The van der Waals surface area contributed by atoms with Crippen LogP contribution in [0.25, 0.3) is 11.1 Å². The van der Waals surface area contributed by atoms with E-state index in [4.69, 9.17) is 0 Å². The summed E-state index contributed by atoms with van der Waals surface area (Å²) in [5.41, 5.74) is 4.40. The lowest BCUT2D eigenvalue weighted by atomic mass is 10.0. The van der Waals surface area contributed by atoms with Gasteiger partial charge in [0.15, 0.2) is 0 Å². The van der Waals surface area contributed by atoms with E-state index >= 15 is 0 Å². The van der Waals surface area contributed by atoms with Crippen LogP contribution in [0.1, 0.15) is 10.4 Å². The minimum Gasteiger partial charge on any atom is -0.368 e. The molecule has 0 N–H and O–H groups in total. The van der Waals surface area contributed by atoms with Crippen molar-refractivity contribution in [1.29, 1.82) is 0 Å². The van der Waals surface area contributed by atoms with Crippen LogP contribution in [0.2, 0.25) is 0 Å². The fourth-order valence-corrected chi connectivity index (χ4v) is 2.78. The number of anilines is 1. The van der Waals surface area contributed by atoms with Crippen molar-refractivity contribution in [2.75, 3.05) is 38.1 Å². The number of para-hydroxylation sites is 1. The molecule has 0 spiro atoms.